The van der Waals surface area contributed by atoms with Crippen LogP contribution in [0.25, 0.3) is 0 Å². The maximum absolute atomic E-state index is 10.1. The zero-order valence-corrected chi connectivity index (χ0v) is 13.9. The molecule has 4 heteroatoms. The molecule has 0 amide bonds. The summed E-state index contributed by atoms with van der Waals surface area (Å²) in [6.07, 6.45) is 7.74. The molecule has 3 fully saturated rings. The number of nitrogens with zero attached hydrogens (tertiary/aromatic N) is 2. The highest BCUT2D eigenvalue weighted by Gasteiger charge is 2.48. The average Bonchev–Trinajstić information content (AvgIpc) is 3.39. The molecular formula is C17H33N3O. The molecule has 21 heavy (non-hydrogen) atoms. The van der Waals surface area contributed by atoms with Crippen molar-refractivity contribution in [1.29, 1.82) is 0 Å². The Balaban J connectivity index is 1.57. The molecular weight excluding hydrogens is 262 g/mol. The molecule has 1 aliphatic heterocycles. The normalized spacial score (nSPS) is 28.0. The standard InChI is InChI=1S/C17H33N3O/c1-3-20-10-8-16(9-11-20)19(2)12-17(13-21,14-4-5-14)18-15-6-7-15/h14-16,18,21H,3-13H2,1-2H3. The first kappa shape index (κ1) is 15.7. The van der Waals surface area contributed by atoms with Gasteiger partial charge in [-0.3, -0.25) is 0 Å². The zero-order valence-electron chi connectivity index (χ0n) is 13.9. The Morgan fingerprint density at radius 1 is 1.14 bits per heavy atom. The summed E-state index contributed by atoms with van der Waals surface area (Å²) in [5.41, 5.74) is -0.0300. The van der Waals surface area contributed by atoms with Crippen LogP contribution in [-0.2, 0) is 0 Å². The van der Waals surface area contributed by atoms with E-state index in [0.717, 1.165) is 6.54 Å². The van der Waals surface area contributed by atoms with E-state index in [1.165, 1.54) is 58.2 Å². The summed E-state index contributed by atoms with van der Waals surface area (Å²) < 4.78 is 0. The fraction of sp³-hybridized carbons (Fsp3) is 1.00. The van der Waals surface area contributed by atoms with Gasteiger partial charge in [-0.05, 0) is 71.1 Å². The van der Waals surface area contributed by atoms with Crippen molar-refractivity contribution in [3.8, 4) is 0 Å². The Hall–Kier alpha value is -0.160. The second kappa shape index (κ2) is 6.53. The van der Waals surface area contributed by atoms with Crippen molar-refractivity contribution < 1.29 is 5.11 Å². The Morgan fingerprint density at radius 2 is 1.81 bits per heavy atom. The van der Waals surface area contributed by atoms with Crippen LogP contribution < -0.4 is 5.32 Å². The van der Waals surface area contributed by atoms with Crippen molar-refractivity contribution in [3.05, 3.63) is 0 Å². The van der Waals surface area contributed by atoms with Gasteiger partial charge in [-0.25, -0.2) is 0 Å². The number of hydrogen-bond acceptors (Lipinski definition) is 4. The summed E-state index contributed by atoms with van der Waals surface area (Å²) in [7, 11) is 2.27. The van der Waals surface area contributed by atoms with Crippen LogP contribution in [0.2, 0.25) is 0 Å². The molecule has 2 aliphatic carbocycles. The van der Waals surface area contributed by atoms with E-state index in [0.29, 0.717) is 24.6 Å². The van der Waals surface area contributed by atoms with Gasteiger partial charge in [0.05, 0.1) is 12.1 Å². The molecule has 1 atom stereocenters. The van der Waals surface area contributed by atoms with E-state index in [9.17, 15) is 5.11 Å². The minimum atomic E-state index is -0.0300. The van der Waals surface area contributed by atoms with Gasteiger partial charge in [0.25, 0.3) is 0 Å². The van der Waals surface area contributed by atoms with Gasteiger partial charge in [-0.2, -0.15) is 0 Å². The highest BCUT2D eigenvalue weighted by molar-refractivity contribution is 5.06. The zero-order chi connectivity index (χ0) is 14.9. The molecule has 1 heterocycles. The van der Waals surface area contributed by atoms with Crippen molar-refractivity contribution in [3.63, 3.8) is 0 Å². The molecule has 3 rings (SSSR count). The smallest absolute Gasteiger partial charge is 0.0628 e. The lowest BCUT2D eigenvalue weighted by atomic mass is 9.91. The Labute approximate surface area is 129 Å². The first-order valence-corrected chi connectivity index (χ1v) is 8.98. The van der Waals surface area contributed by atoms with E-state index in [2.05, 4.69) is 29.1 Å². The van der Waals surface area contributed by atoms with Crippen LogP contribution in [0.4, 0.5) is 0 Å². The largest absolute Gasteiger partial charge is 0.394 e. The van der Waals surface area contributed by atoms with Gasteiger partial charge in [-0.1, -0.05) is 6.92 Å². The molecule has 122 valence electrons. The molecule has 0 radical (unpaired) electrons. The van der Waals surface area contributed by atoms with Crippen LogP contribution in [0.5, 0.6) is 0 Å². The number of hydrogen-bond donors (Lipinski definition) is 2. The molecule has 2 N–H and O–H groups in total. The summed E-state index contributed by atoms with van der Waals surface area (Å²) in [4.78, 5) is 5.09. The SMILES string of the molecule is CCN1CCC(N(C)CC(CO)(NC2CC2)C2CC2)CC1. The fourth-order valence-electron chi connectivity index (χ4n) is 4.04. The Bertz CT molecular complexity index is 335. The number of likely N-dealkylation sites (N-methyl/N-ethyl adjacent to an activating group) is 1. The van der Waals surface area contributed by atoms with Gasteiger partial charge in [-0.15, -0.1) is 0 Å². The number of rotatable bonds is 8. The number of piperidine rings is 1. The Kier molecular flexibility index (Phi) is 4.89. The van der Waals surface area contributed by atoms with E-state index in [4.69, 9.17) is 0 Å². The Morgan fingerprint density at radius 3 is 2.29 bits per heavy atom. The van der Waals surface area contributed by atoms with E-state index < -0.39 is 0 Å². The predicted octanol–water partition coefficient (Wildman–Crippen LogP) is 1.30. The topological polar surface area (TPSA) is 38.7 Å². The first-order chi connectivity index (χ1) is 10.2. The second-order valence-electron chi connectivity index (χ2n) is 7.59. The summed E-state index contributed by atoms with van der Waals surface area (Å²) in [6, 6.07) is 1.37. The van der Waals surface area contributed by atoms with E-state index in [-0.39, 0.29) is 5.54 Å². The second-order valence-corrected chi connectivity index (χ2v) is 7.59. The molecule has 1 unspecified atom stereocenters. The monoisotopic (exact) mass is 295 g/mol. The lowest BCUT2D eigenvalue weighted by molar-refractivity contribution is 0.0609. The third kappa shape index (κ3) is 3.79. The van der Waals surface area contributed by atoms with E-state index in [1.807, 2.05) is 0 Å². The summed E-state index contributed by atoms with van der Waals surface area (Å²) >= 11 is 0. The van der Waals surface area contributed by atoms with Crippen LogP contribution >= 0.6 is 0 Å². The highest BCUT2D eigenvalue weighted by atomic mass is 16.3. The van der Waals surface area contributed by atoms with E-state index in [1.54, 1.807) is 0 Å². The number of aliphatic hydroxyl groups is 1. The van der Waals surface area contributed by atoms with E-state index >= 15 is 0 Å². The van der Waals surface area contributed by atoms with Crippen LogP contribution in [0.1, 0.15) is 45.4 Å². The molecule has 1 saturated heterocycles. The predicted molar refractivity (Wildman–Crippen MR) is 86.5 cm³/mol. The third-order valence-electron chi connectivity index (χ3n) is 5.87. The number of likely N-dealkylation sites (tertiary alicyclic amines) is 1. The van der Waals surface area contributed by atoms with Crippen molar-refractivity contribution in [2.75, 3.05) is 39.8 Å². The summed E-state index contributed by atoms with van der Waals surface area (Å²) in [5.74, 6) is 0.696. The minimum Gasteiger partial charge on any atom is -0.394 e. The van der Waals surface area contributed by atoms with Crippen molar-refractivity contribution in [2.45, 2.75) is 63.1 Å². The molecule has 0 aromatic rings. The van der Waals surface area contributed by atoms with Gasteiger partial charge >= 0.3 is 0 Å². The molecule has 0 aromatic heterocycles. The third-order valence-corrected chi connectivity index (χ3v) is 5.87. The number of nitrogens with one attached hydrogen (secondary N) is 1. The van der Waals surface area contributed by atoms with Crippen LogP contribution in [0.3, 0.4) is 0 Å². The lowest BCUT2D eigenvalue weighted by Gasteiger charge is -2.42. The van der Waals surface area contributed by atoms with Gasteiger partial charge in [0.1, 0.15) is 0 Å². The molecule has 3 aliphatic rings. The summed E-state index contributed by atoms with van der Waals surface area (Å²) in [5, 5.41) is 13.9. The van der Waals surface area contributed by atoms with Gasteiger partial charge in [0.2, 0.25) is 0 Å². The maximum Gasteiger partial charge on any atom is 0.0628 e. The summed E-state index contributed by atoms with van der Waals surface area (Å²) in [6.45, 7) is 7.22. The quantitative estimate of drug-likeness (QED) is 0.708. The minimum absolute atomic E-state index is 0.0300. The molecule has 0 bridgehead atoms. The fourth-order valence-corrected chi connectivity index (χ4v) is 4.04. The highest BCUT2D eigenvalue weighted by Crippen LogP contribution is 2.42. The number of aliphatic hydroxyl groups excluding tert-OH is 1. The van der Waals surface area contributed by atoms with Crippen LogP contribution in [0.15, 0.2) is 0 Å². The molecule has 2 saturated carbocycles. The van der Waals surface area contributed by atoms with Gasteiger partial charge in [0, 0.05) is 18.6 Å². The lowest BCUT2D eigenvalue weighted by Crippen LogP contribution is -2.60. The van der Waals surface area contributed by atoms with Crippen molar-refractivity contribution >= 4 is 0 Å². The molecule has 4 nitrogen and oxygen atoms in total. The van der Waals surface area contributed by atoms with Crippen molar-refractivity contribution in [1.82, 2.24) is 15.1 Å². The van der Waals surface area contributed by atoms with Crippen molar-refractivity contribution in [2.24, 2.45) is 5.92 Å². The van der Waals surface area contributed by atoms with Gasteiger partial charge < -0.3 is 20.2 Å². The maximum atomic E-state index is 10.1. The molecule has 0 aromatic carbocycles. The molecule has 0 spiro atoms. The first-order valence-electron chi connectivity index (χ1n) is 8.98. The van der Waals surface area contributed by atoms with Crippen LogP contribution in [0, 0.1) is 5.92 Å². The average molecular weight is 295 g/mol. The van der Waals surface area contributed by atoms with Gasteiger partial charge in [0.15, 0.2) is 0 Å². The van der Waals surface area contributed by atoms with Crippen LogP contribution in [-0.4, -0.2) is 72.4 Å².